The van der Waals surface area contributed by atoms with E-state index in [9.17, 15) is 4.79 Å². The van der Waals surface area contributed by atoms with E-state index in [0.717, 1.165) is 17.0 Å². The van der Waals surface area contributed by atoms with Gasteiger partial charge in [0.05, 0.1) is 7.11 Å². The van der Waals surface area contributed by atoms with Gasteiger partial charge in [0.15, 0.2) is 0 Å². The Hall–Kier alpha value is -3.46. The highest BCUT2D eigenvalue weighted by atomic mass is 16.5. The fourth-order valence-corrected chi connectivity index (χ4v) is 1.90. The molecular formula is C18H18N4O2. The number of methoxy groups -OCH3 is 1. The summed E-state index contributed by atoms with van der Waals surface area (Å²) in [6.07, 6.45) is 1.37. The molecular weight excluding hydrogens is 304 g/mol. The molecule has 0 atom stereocenters. The molecule has 0 saturated carbocycles. The van der Waals surface area contributed by atoms with Gasteiger partial charge in [-0.25, -0.2) is 0 Å². The Kier molecular flexibility index (Phi) is 5.81. The van der Waals surface area contributed by atoms with Gasteiger partial charge in [0, 0.05) is 24.1 Å². The summed E-state index contributed by atoms with van der Waals surface area (Å²) in [4.78, 5) is 12.1. The number of anilines is 2. The van der Waals surface area contributed by atoms with Crippen LogP contribution in [0.4, 0.5) is 11.4 Å². The van der Waals surface area contributed by atoms with Crippen molar-refractivity contribution in [1.29, 1.82) is 5.26 Å². The highest BCUT2D eigenvalue weighted by molar-refractivity contribution is 5.97. The molecule has 6 heteroatoms. The predicted molar refractivity (Wildman–Crippen MR) is 93.0 cm³/mol. The van der Waals surface area contributed by atoms with Gasteiger partial charge < -0.3 is 21.1 Å². The van der Waals surface area contributed by atoms with Crippen molar-refractivity contribution < 1.29 is 9.53 Å². The van der Waals surface area contributed by atoms with Crippen LogP contribution >= 0.6 is 0 Å². The number of ether oxygens (including phenoxy) is 1. The van der Waals surface area contributed by atoms with Gasteiger partial charge in [0.2, 0.25) is 0 Å². The Balaban J connectivity index is 1.93. The van der Waals surface area contributed by atoms with Gasteiger partial charge in [-0.15, -0.1) is 0 Å². The smallest absolute Gasteiger partial charge is 0.263 e. The van der Waals surface area contributed by atoms with Crippen LogP contribution in [0.2, 0.25) is 0 Å². The molecule has 0 unspecified atom stereocenters. The Labute approximate surface area is 140 Å². The topological polar surface area (TPSA) is 100 Å². The van der Waals surface area contributed by atoms with E-state index in [1.165, 1.54) is 6.20 Å². The number of carbonyl (C=O) groups is 1. The minimum Gasteiger partial charge on any atom is -0.497 e. The highest BCUT2D eigenvalue weighted by Crippen LogP contribution is 2.12. The number of hydrogen-bond donors (Lipinski definition) is 3. The number of benzene rings is 2. The number of nitrogens with one attached hydrogen (secondary N) is 2. The largest absolute Gasteiger partial charge is 0.497 e. The summed E-state index contributed by atoms with van der Waals surface area (Å²) in [7, 11) is 1.59. The van der Waals surface area contributed by atoms with Crippen molar-refractivity contribution in [2.75, 3.05) is 18.2 Å². The molecule has 6 nitrogen and oxygen atoms in total. The molecule has 0 heterocycles. The standard InChI is InChI=1S/C18H18N4O2/c1-24-17-8-2-13(3-9-17)11-22-18(23)14(10-19)12-21-16-6-4-15(20)5-7-16/h2-9,12,21H,11,20H2,1H3,(H,22,23)/b14-12-. The van der Waals surface area contributed by atoms with E-state index in [0.29, 0.717) is 12.2 Å². The quantitative estimate of drug-likeness (QED) is 0.431. The van der Waals surface area contributed by atoms with Crippen LogP contribution in [0.15, 0.2) is 60.3 Å². The number of carbonyl (C=O) groups excluding carboxylic acids is 1. The summed E-state index contributed by atoms with van der Waals surface area (Å²) in [5.41, 5.74) is 7.88. The van der Waals surface area contributed by atoms with Gasteiger partial charge >= 0.3 is 0 Å². The third kappa shape index (κ3) is 4.78. The Bertz CT molecular complexity index is 759. The van der Waals surface area contributed by atoms with Crippen molar-refractivity contribution in [3.8, 4) is 11.8 Å². The van der Waals surface area contributed by atoms with E-state index in [1.807, 2.05) is 30.3 Å². The van der Waals surface area contributed by atoms with Gasteiger partial charge in [-0.1, -0.05) is 12.1 Å². The number of nitrogen functional groups attached to an aromatic ring is 1. The van der Waals surface area contributed by atoms with Gasteiger partial charge in [0.25, 0.3) is 5.91 Å². The van der Waals surface area contributed by atoms with Crippen LogP contribution in [-0.4, -0.2) is 13.0 Å². The van der Waals surface area contributed by atoms with Crippen molar-refractivity contribution in [3.05, 3.63) is 65.9 Å². The average molecular weight is 322 g/mol. The first-order valence-corrected chi connectivity index (χ1v) is 7.26. The lowest BCUT2D eigenvalue weighted by Crippen LogP contribution is -2.24. The van der Waals surface area contributed by atoms with Crippen LogP contribution in [-0.2, 0) is 11.3 Å². The van der Waals surface area contributed by atoms with Crippen molar-refractivity contribution in [3.63, 3.8) is 0 Å². The van der Waals surface area contributed by atoms with Gasteiger partial charge in [-0.05, 0) is 42.0 Å². The lowest BCUT2D eigenvalue weighted by molar-refractivity contribution is -0.117. The van der Waals surface area contributed by atoms with Crippen LogP contribution in [0.3, 0.4) is 0 Å². The molecule has 0 spiro atoms. The fraction of sp³-hybridized carbons (Fsp3) is 0.111. The second-order valence-electron chi connectivity index (χ2n) is 4.97. The Morgan fingerprint density at radius 3 is 2.46 bits per heavy atom. The molecule has 2 rings (SSSR count). The molecule has 0 aromatic heterocycles. The maximum Gasteiger partial charge on any atom is 0.263 e. The zero-order valence-corrected chi connectivity index (χ0v) is 13.2. The lowest BCUT2D eigenvalue weighted by Gasteiger charge is -2.06. The number of nitrogens with zero attached hydrogens (tertiary/aromatic N) is 1. The number of hydrogen-bond acceptors (Lipinski definition) is 5. The number of amides is 1. The van der Waals surface area contributed by atoms with Gasteiger partial charge in [-0.2, -0.15) is 5.26 Å². The fourth-order valence-electron chi connectivity index (χ4n) is 1.90. The van der Waals surface area contributed by atoms with Crippen molar-refractivity contribution in [2.45, 2.75) is 6.54 Å². The summed E-state index contributed by atoms with van der Waals surface area (Å²) in [5.74, 6) is 0.298. The maximum atomic E-state index is 12.1. The third-order valence-electron chi connectivity index (χ3n) is 3.27. The molecule has 2 aromatic carbocycles. The minimum absolute atomic E-state index is 0.0136. The average Bonchev–Trinajstić information content (AvgIpc) is 2.62. The molecule has 0 bridgehead atoms. The second-order valence-corrected chi connectivity index (χ2v) is 4.97. The molecule has 122 valence electrons. The SMILES string of the molecule is COc1ccc(CNC(=O)/C(C#N)=C\Nc2ccc(N)cc2)cc1. The molecule has 0 saturated heterocycles. The van der Waals surface area contributed by atoms with E-state index in [4.69, 9.17) is 15.7 Å². The molecule has 24 heavy (non-hydrogen) atoms. The predicted octanol–water partition coefficient (Wildman–Crippen LogP) is 2.41. The number of nitriles is 1. The molecule has 0 aliphatic carbocycles. The zero-order valence-electron chi connectivity index (χ0n) is 13.2. The van der Waals surface area contributed by atoms with Crippen LogP contribution in [0, 0.1) is 11.3 Å². The van der Waals surface area contributed by atoms with Crippen molar-refractivity contribution in [2.24, 2.45) is 0 Å². The number of rotatable bonds is 6. The normalized spacial score (nSPS) is 10.6. The third-order valence-corrected chi connectivity index (χ3v) is 3.27. The molecule has 0 aliphatic heterocycles. The molecule has 0 fully saturated rings. The van der Waals surface area contributed by atoms with Crippen LogP contribution in [0.5, 0.6) is 5.75 Å². The van der Waals surface area contributed by atoms with E-state index >= 15 is 0 Å². The van der Waals surface area contributed by atoms with E-state index in [1.54, 1.807) is 31.4 Å². The van der Waals surface area contributed by atoms with Crippen molar-refractivity contribution in [1.82, 2.24) is 5.32 Å². The first kappa shape index (κ1) is 16.9. The van der Waals surface area contributed by atoms with Gasteiger partial charge in [0.1, 0.15) is 17.4 Å². The number of nitrogens with two attached hydrogens (primary N) is 1. The second kappa shape index (κ2) is 8.25. The summed E-state index contributed by atoms with van der Waals surface area (Å²) >= 11 is 0. The maximum absolute atomic E-state index is 12.1. The van der Waals surface area contributed by atoms with Crippen LogP contribution in [0.25, 0.3) is 0 Å². The van der Waals surface area contributed by atoms with Crippen LogP contribution in [0.1, 0.15) is 5.56 Å². The summed E-state index contributed by atoms with van der Waals surface area (Å²) in [5, 5.41) is 14.7. The zero-order chi connectivity index (χ0) is 17.4. The van der Waals surface area contributed by atoms with Gasteiger partial charge in [-0.3, -0.25) is 4.79 Å². The van der Waals surface area contributed by atoms with Crippen LogP contribution < -0.4 is 21.1 Å². The Morgan fingerprint density at radius 2 is 1.88 bits per heavy atom. The minimum atomic E-state index is -0.448. The summed E-state index contributed by atoms with van der Waals surface area (Å²) < 4.78 is 5.08. The van der Waals surface area contributed by atoms with E-state index < -0.39 is 5.91 Å². The molecule has 2 aromatic rings. The molecule has 0 aliphatic rings. The lowest BCUT2D eigenvalue weighted by atomic mass is 10.2. The van der Waals surface area contributed by atoms with E-state index in [-0.39, 0.29) is 5.57 Å². The first-order chi connectivity index (χ1) is 11.6. The molecule has 0 radical (unpaired) electrons. The highest BCUT2D eigenvalue weighted by Gasteiger charge is 2.08. The summed E-state index contributed by atoms with van der Waals surface area (Å²) in [6.45, 7) is 0.323. The first-order valence-electron chi connectivity index (χ1n) is 7.26. The molecule has 1 amide bonds. The van der Waals surface area contributed by atoms with Crippen molar-refractivity contribution >= 4 is 17.3 Å². The van der Waals surface area contributed by atoms with E-state index in [2.05, 4.69) is 10.6 Å². The summed E-state index contributed by atoms with van der Waals surface area (Å²) in [6, 6.07) is 16.2. The molecule has 4 N–H and O–H groups in total. The monoisotopic (exact) mass is 322 g/mol. The Morgan fingerprint density at radius 1 is 1.21 bits per heavy atom.